The Bertz CT molecular complexity index is 3990. The number of hydrogen-bond donors (Lipinski definition) is 0. The summed E-state index contributed by atoms with van der Waals surface area (Å²) in [6, 6.07) is 80.0. The molecule has 0 radical (unpaired) electrons. The highest BCUT2D eigenvalue weighted by molar-refractivity contribution is 6.93. The number of fused-ring (bicyclic) bond motifs is 15. The third-order valence-electron chi connectivity index (χ3n) is 18.5. The van der Waals surface area contributed by atoms with Crippen LogP contribution in [0.3, 0.4) is 0 Å². The van der Waals surface area contributed by atoms with Crippen molar-refractivity contribution in [3.05, 3.63) is 251 Å². The molecule has 3 heterocycles. The van der Waals surface area contributed by atoms with Gasteiger partial charge in [0.15, 0.2) is 0 Å². The van der Waals surface area contributed by atoms with Gasteiger partial charge in [0, 0.05) is 45.4 Å². The molecule has 0 amide bonds. The van der Waals surface area contributed by atoms with Gasteiger partial charge in [0.2, 0.25) is 0 Å². The number of nitrogens with zero attached hydrogens (tertiary/aromatic N) is 3. The quantitative estimate of drug-likeness (QED) is 0.147. The highest BCUT2D eigenvalue weighted by Gasteiger charge is 2.56. The van der Waals surface area contributed by atoms with Gasteiger partial charge in [0.25, 0.3) is 0 Å². The van der Waals surface area contributed by atoms with E-state index in [1.54, 1.807) is 0 Å². The Morgan fingerprint density at radius 3 is 1.86 bits per heavy atom. The van der Waals surface area contributed by atoms with E-state index in [2.05, 4.69) is 262 Å². The lowest BCUT2D eigenvalue weighted by Gasteiger charge is -2.52. The van der Waals surface area contributed by atoms with E-state index < -0.39 is 5.41 Å². The lowest BCUT2D eigenvalue weighted by molar-refractivity contribution is 0.332. The molecule has 5 aliphatic rings. The third kappa shape index (κ3) is 6.31. The molecule has 0 unspecified atom stereocenters. The van der Waals surface area contributed by atoms with Crippen molar-refractivity contribution in [1.29, 1.82) is 0 Å². The zero-order valence-corrected chi connectivity index (χ0v) is 44.6. The molecule has 76 heavy (non-hydrogen) atoms. The van der Waals surface area contributed by atoms with Crippen LogP contribution < -0.4 is 25.5 Å². The van der Waals surface area contributed by atoms with Gasteiger partial charge in [0.1, 0.15) is 0 Å². The minimum atomic E-state index is -0.554. The predicted octanol–water partition coefficient (Wildman–Crippen LogP) is 17.7. The van der Waals surface area contributed by atoms with Gasteiger partial charge in [0.05, 0.1) is 11.1 Å². The largest absolute Gasteiger partial charge is 0.376 e. The summed E-state index contributed by atoms with van der Waals surface area (Å²) in [6.45, 7) is 14.3. The third-order valence-corrected chi connectivity index (χ3v) is 18.5. The first-order valence-corrected chi connectivity index (χ1v) is 27.9. The molecule has 0 atom stereocenters. The molecule has 0 N–H and O–H groups in total. The fourth-order valence-corrected chi connectivity index (χ4v) is 14.7. The Morgan fingerprint density at radius 1 is 0.474 bits per heavy atom. The van der Waals surface area contributed by atoms with Crippen LogP contribution in [-0.2, 0) is 22.7 Å². The van der Waals surface area contributed by atoms with Crippen LogP contribution in [0.5, 0.6) is 0 Å². The van der Waals surface area contributed by atoms with Crippen molar-refractivity contribution in [2.75, 3.05) is 14.6 Å². The summed E-state index contributed by atoms with van der Waals surface area (Å²) in [6.07, 6.45) is 5.81. The minimum Gasteiger partial charge on any atom is -0.376 e. The monoisotopic (exact) mass is 980 g/mol. The van der Waals surface area contributed by atoms with Gasteiger partial charge in [-0.1, -0.05) is 174 Å². The van der Waals surface area contributed by atoms with Gasteiger partial charge in [-0.15, -0.1) is 0 Å². The second kappa shape index (κ2) is 16.5. The van der Waals surface area contributed by atoms with Crippen LogP contribution in [-0.4, -0.2) is 6.85 Å². The molecule has 4 heteroatoms. The van der Waals surface area contributed by atoms with Crippen molar-refractivity contribution in [3.8, 4) is 22.3 Å². The molecule has 368 valence electrons. The van der Waals surface area contributed by atoms with Crippen molar-refractivity contribution in [2.45, 2.75) is 89.9 Å². The van der Waals surface area contributed by atoms with Gasteiger partial charge in [-0.05, 0) is 199 Å². The maximum Gasteiger partial charge on any atom is 0.333 e. The Balaban J connectivity index is 1.04. The van der Waals surface area contributed by atoms with E-state index in [4.69, 9.17) is 0 Å². The van der Waals surface area contributed by atoms with Crippen molar-refractivity contribution in [3.63, 3.8) is 0 Å². The summed E-state index contributed by atoms with van der Waals surface area (Å²) in [4.78, 5) is 7.90. The molecule has 10 aromatic rings. The maximum absolute atomic E-state index is 2.75. The maximum atomic E-state index is 2.75. The van der Waals surface area contributed by atoms with Crippen molar-refractivity contribution in [2.24, 2.45) is 0 Å². The molecule has 2 aliphatic carbocycles. The Morgan fingerprint density at radius 2 is 1.12 bits per heavy atom. The Hall–Kier alpha value is -8.08. The lowest BCUT2D eigenvalue weighted by Crippen LogP contribution is -2.62. The highest BCUT2D eigenvalue weighted by Crippen LogP contribution is 2.65. The molecule has 15 rings (SSSR count). The summed E-state index contributed by atoms with van der Waals surface area (Å²) < 4.78 is 0. The molecule has 0 aromatic heterocycles. The Kier molecular flexibility index (Phi) is 9.82. The molecule has 10 aromatic carbocycles. The van der Waals surface area contributed by atoms with Gasteiger partial charge >= 0.3 is 6.85 Å². The lowest BCUT2D eigenvalue weighted by atomic mass is 9.42. The second-order valence-electron chi connectivity index (χ2n) is 23.8. The van der Waals surface area contributed by atoms with Gasteiger partial charge < -0.3 is 14.6 Å². The molecular formula is C72H62BN3. The van der Waals surface area contributed by atoms with E-state index in [1.807, 2.05) is 0 Å². The first kappa shape index (κ1) is 45.3. The number of unbranched alkanes of at least 4 members (excludes halogenated alkanes) is 1. The molecule has 3 aliphatic heterocycles. The molecular weight excluding hydrogens is 918 g/mol. The van der Waals surface area contributed by atoms with Crippen molar-refractivity contribution >= 4 is 74.0 Å². The number of hydrogen-bond acceptors (Lipinski definition) is 3. The normalized spacial score (nSPS) is 16.1. The molecule has 1 spiro atoms. The number of benzene rings is 10. The first-order chi connectivity index (χ1) is 37.0. The number of anilines is 8. The minimum absolute atomic E-state index is 0.0309. The Labute approximate surface area is 449 Å². The van der Waals surface area contributed by atoms with Gasteiger partial charge in [-0.3, -0.25) is 0 Å². The highest BCUT2D eigenvalue weighted by atomic mass is 15.2. The van der Waals surface area contributed by atoms with Crippen LogP contribution in [0.2, 0.25) is 0 Å². The van der Waals surface area contributed by atoms with Gasteiger partial charge in [-0.25, -0.2) is 0 Å². The summed E-state index contributed by atoms with van der Waals surface area (Å²) in [7, 11) is 0. The van der Waals surface area contributed by atoms with Gasteiger partial charge in [-0.2, -0.15) is 0 Å². The first-order valence-electron chi connectivity index (χ1n) is 27.9. The molecule has 3 nitrogen and oxygen atoms in total. The number of para-hydroxylation sites is 2. The van der Waals surface area contributed by atoms with E-state index in [9.17, 15) is 0 Å². The standard InChI is InChI=1S/C72H62BN3/c1-7-8-19-47-30-32-51(33-31-47)74(50-22-10-9-11-23-50)52-35-37-65-56(44-52)57-40-46(2)41-67-68(57)73(76(65)53-34-36-60-62(45-53)71(5,6)39-38-70(60,3)4)64-29-18-28-61-69(64)75(67)66-43-49-21-13-12-20-48(49)42-63(66)72(61)58-26-16-14-24-54(58)55-25-15-17-27-59(55)72/h9-18,20-37,40-45H,7-8,19,38-39H2,1-6H3. The summed E-state index contributed by atoms with van der Waals surface area (Å²) in [5, 5.41) is 2.50. The summed E-state index contributed by atoms with van der Waals surface area (Å²) >= 11 is 0. The van der Waals surface area contributed by atoms with Crippen LogP contribution in [0.1, 0.15) is 105 Å². The van der Waals surface area contributed by atoms with E-state index in [0.29, 0.717) is 0 Å². The number of rotatable bonds is 7. The predicted molar refractivity (Wildman–Crippen MR) is 322 cm³/mol. The molecule has 0 saturated carbocycles. The molecule has 0 bridgehead atoms. The van der Waals surface area contributed by atoms with E-state index >= 15 is 0 Å². The second-order valence-corrected chi connectivity index (χ2v) is 23.8. The zero-order chi connectivity index (χ0) is 51.2. The van der Waals surface area contributed by atoms with Crippen LogP contribution in [0, 0.1) is 6.92 Å². The van der Waals surface area contributed by atoms with E-state index in [1.165, 1.54) is 136 Å². The topological polar surface area (TPSA) is 9.72 Å². The van der Waals surface area contributed by atoms with Crippen molar-refractivity contribution in [1.82, 2.24) is 0 Å². The SMILES string of the molecule is CCCCc1ccc(N(c2ccccc2)c2ccc3c(c2)-c2cc(C)cc4c2B(c2cccc5c2N4c2cc4ccccc4cc2C52c4ccccc4-c4ccccc42)N3c2ccc3c(c2)C(C)(C)CCC3(C)C)cc1. The average molecular weight is 980 g/mol. The fourth-order valence-electron chi connectivity index (χ4n) is 14.7. The van der Waals surface area contributed by atoms with E-state index in [0.717, 1.165) is 29.9 Å². The van der Waals surface area contributed by atoms with Crippen molar-refractivity contribution < 1.29 is 0 Å². The zero-order valence-electron chi connectivity index (χ0n) is 44.6. The van der Waals surface area contributed by atoms with Crippen LogP contribution in [0.4, 0.5) is 45.5 Å². The van der Waals surface area contributed by atoms with Crippen LogP contribution in [0.15, 0.2) is 206 Å². The fraction of sp³-hybridized carbons (Fsp3) is 0.194. The number of aryl methyl sites for hydroxylation is 2. The van der Waals surface area contributed by atoms with Crippen LogP contribution in [0.25, 0.3) is 33.0 Å². The molecule has 0 saturated heterocycles. The van der Waals surface area contributed by atoms with Crippen LogP contribution >= 0.6 is 0 Å². The smallest absolute Gasteiger partial charge is 0.333 e. The average Bonchev–Trinajstić information content (AvgIpc) is 3.90. The summed E-state index contributed by atoms with van der Waals surface area (Å²) in [5.41, 5.74) is 28.1. The van der Waals surface area contributed by atoms with E-state index in [-0.39, 0.29) is 17.7 Å². The summed E-state index contributed by atoms with van der Waals surface area (Å²) in [5.74, 6) is 0. The molecule has 0 fully saturated rings.